The fourth-order valence-corrected chi connectivity index (χ4v) is 2.60. The molecule has 0 radical (unpaired) electrons. The van der Waals surface area contributed by atoms with E-state index >= 15 is 0 Å². The van der Waals surface area contributed by atoms with Crippen LogP contribution < -0.4 is 0 Å². The molecule has 19 heavy (non-hydrogen) atoms. The molecule has 2 amide bonds. The number of hydrogen-bond acceptors (Lipinski definition) is 3. The summed E-state index contributed by atoms with van der Waals surface area (Å²) in [6, 6.07) is 0. The molecule has 0 bridgehead atoms. The second-order valence-electron chi connectivity index (χ2n) is 5.96. The molecule has 1 heterocycles. The van der Waals surface area contributed by atoms with Crippen LogP contribution in [0.3, 0.4) is 0 Å². The van der Waals surface area contributed by atoms with Gasteiger partial charge in [-0.05, 0) is 18.3 Å². The highest BCUT2D eigenvalue weighted by molar-refractivity contribution is 6.04. The lowest BCUT2D eigenvalue weighted by Crippen LogP contribution is -2.36. The van der Waals surface area contributed by atoms with Gasteiger partial charge in [0.2, 0.25) is 11.8 Å². The van der Waals surface area contributed by atoms with Gasteiger partial charge in [-0.15, -0.1) is 0 Å². The van der Waals surface area contributed by atoms with Crippen molar-refractivity contribution in [2.24, 2.45) is 23.7 Å². The third-order valence-corrected chi connectivity index (χ3v) is 3.77. The van der Waals surface area contributed by atoms with Gasteiger partial charge in [0.25, 0.3) is 0 Å². The van der Waals surface area contributed by atoms with E-state index in [1.54, 1.807) is 13.8 Å². The number of likely N-dealkylation sites (tertiary alicyclic amines) is 1. The molecule has 1 aliphatic heterocycles. The molecular formula is C14H23NO4. The van der Waals surface area contributed by atoms with Crippen molar-refractivity contribution in [1.29, 1.82) is 0 Å². The number of aliphatic carboxylic acids is 1. The van der Waals surface area contributed by atoms with E-state index < -0.39 is 5.97 Å². The number of nitrogens with zero attached hydrogens (tertiary/aromatic N) is 1. The molecule has 5 heteroatoms. The highest BCUT2D eigenvalue weighted by atomic mass is 16.4. The fraction of sp³-hybridized carbons (Fsp3) is 0.786. The van der Waals surface area contributed by atoms with E-state index in [1.807, 2.05) is 13.8 Å². The molecule has 1 saturated heterocycles. The van der Waals surface area contributed by atoms with Gasteiger partial charge >= 0.3 is 5.97 Å². The molecule has 0 aromatic heterocycles. The van der Waals surface area contributed by atoms with Crippen LogP contribution in [0.15, 0.2) is 0 Å². The van der Waals surface area contributed by atoms with Gasteiger partial charge < -0.3 is 5.11 Å². The predicted molar refractivity (Wildman–Crippen MR) is 70.2 cm³/mol. The fourth-order valence-electron chi connectivity index (χ4n) is 2.60. The van der Waals surface area contributed by atoms with Crippen molar-refractivity contribution >= 4 is 17.8 Å². The van der Waals surface area contributed by atoms with E-state index in [0.29, 0.717) is 12.3 Å². The SMILES string of the molecule is CC(C)CC(CC(=O)O)CN1C(=O)C(C)C(C)C1=O. The van der Waals surface area contributed by atoms with E-state index in [4.69, 9.17) is 5.11 Å². The summed E-state index contributed by atoms with van der Waals surface area (Å²) in [7, 11) is 0. The molecule has 108 valence electrons. The number of imide groups is 1. The molecule has 1 aliphatic rings. The summed E-state index contributed by atoms with van der Waals surface area (Å²) in [5.41, 5.74) is 0. The first-order valence-electron chi connectivity index (χ1n) is 6.81. The average molecular weight is 269 g/mol. The maximum absolute atomic E-state index is 12.0. The number of carbonyl (C=O) groups excluding carboxylic acids is 2. The Morgan fingerprint density at radius 3 is 2.05 bits per heavy atom. The molecule has 0 saturated carbocycles. The van der Waals surface area contributed by atoms with Gasteiger partial charge in [0.1, 0.15) is 0 Å². The van der Waals surface area contributed by atoms with Crippen molar-refractivity contribution in [2.75, 3.05) is 6.54 Å². The summed E-state index contributed by atoms with van der Waals surface area (Å²) in [6.07, 6.45) is 0.699. The van der Waals surface area contributed by atoms with Gasteiger partial charge in [-0.25, -0.2) is 0 Å². The zero-order valence-corrected chi connectivity index (χ0v) is 12.0. The third-order valence-electron chi connectivity index (χ3n) is 3.77. The van der Waals surface area contributed by atoms with Gasteiger partial charge in [-0.1, -0.05) is 27.7 Å². The minimum atomic E-state index is -0.883. The van der Waals surface area contributed by atoms with Crippen LogP contribution in [0.1, 0.15) is 40.5 Å². The predicted octanol–water partition coefficient (Wildman–Crippen LogP) is 1.76. The zero-order chi connectivity index (χ0) is 14.7. The largest absolute Gasteiger partial charge is 0.481 e. The highest BCUT2D eigenvalue weighted by Gasteiger charge is 2.42. The Morgan fingerprint density at radius 1 is 1.21 bits per heavy atom. The summed E-state index contributed by atoms with van der Waals surface area (Å²) in [5.74, 6) is -1.64. The van der Waals surface area contributed by atoms with Gasteiger partial charge in [0.05, 0.1) is 0 Å². The van der Waals surface area contributed by atoms with Gasteiger partial charge in [0.15, 0.2) is 0 Å². The number of rotatable bonds is 6. The lowest BCUT2D eigenvalue weighted by atomic mass is 9.93. The Morgan fingerprint density at radius 2 is 1.68 bits per heavy atom. The quantitative estimate of drug-likeness (QED) is 0.746. The van der Waals surface area contributed by atoms with Crippen molar-refractivity contribution < 1.29 is 19.5 Å². The molecule has 0 aromatic rings. The number of amides is 2. The summed E-state index contributed by atoms with van der Waals surface area (Å²) in [5, 5.41) is 8.92. The highest BCUT2D eigenvalue weighted by Crippen LogP contribution is 2.28. The normalized spacial score (nSPS) is 25.2. The Hall–Kier alpha value is -1.39. The molecular weight excluding hydrogens is 246 g/mol. The Kier molecular flexibility index (Phi) is 5.09. The van der Waals surface area contributed by atoms with Crippen LogP contribution >= 0.6 is 0 Å². The molecule has 5 nitrogen and oxygen atoms in total. The van der Waals surface area contributed by atoms with E-state index in [1.165, 1.54) is 4.90 Å². The average Bonchev–Trinajstić information content (AvgIpc) is 2.45. The zero-order valence-electron chi connectivity index (χ0n) is 12.0. The lowest BCUT2D eigenvalue weighted by Gasteiger charge is -2.23. The monoisotopic (exact) mass is 269 g/mol. The van der Waals surface area contributed by atoms with E-state index in [2.05, 4.69) is 0 Å². The number of carboxylic acid groups (broad SMARTS) is 1. The van der Waals surface area contributed by atoms with Crippen LogP contribution in [0.5, 0.6) is 0 Å². The maximum atomic E-state index is 12.0. The summed E-state index contributed by atoms with van der Waals surface area (Å²) in [4.78, 5) is 36.1. The van der Waals surface area contributed by atoms with Crippen LogP contribution in [0, 0.1) is 23.7 Å². The summed E-state index contributed by atoms with van der Waals surface area (Å²) in [6.45, 7) is 7.75. The molecule has 1 fully saturated rings. The van der Waals surface area contributed by atoms with Crippen molar-refractivity contribution in [1.82, 2.24) is 4.90 Å². The molecule has 1 rings (SSSR count). The van der Waals surface area contributed by atoms with E-state index in [9.17, 15) is 14.4 Å². The van der Waals surface area contributed by atoms with Crippen LogP contribution in [0.2, 0.25) is 0 Å². The van der Waals surface area contributed by atoms with E-state index in [0.717, 1.165) is 0 Å². The number of carboxylic acids is 1. The molecule has 0 aliphatic carbocycles. The van der Waals surface area contributed by atoms with Crippen LogP contribution in [0.4, 0.5) is 0 Å². The smallest absolute Gasteiger partial charge is 0.303 e. The van der Waals surface area contributed by atoms with Gasteiger partial charge in [-0.2, -0.15) is 0 Å². The summed E-state index contributed by atoms with van der Waals surface area (Å²) < 4.78 is 0. The minimum Gasteiger partial charge on any atom is -0.481 e. The van der Waals surface area contributed by atoms with Crippen LogP contribution in [-0.2, 0) is 14.4 Å². The standard InChI is InChI=1S/C14H23NO4/c1-8(2)5-11(6-12(16)17)7-15-13(18)9(3)10(4)14(15)19/h8-11H,5-7H2,1-4H3,(H,16,17). The van der Waals surface area contributed by atoms with Crippen molar-refractivity contribution in [2.45, 2.75) is 40.5 Å². The topological polar surface area (TPSA) is 74.7 Å². The van der Waals surface area contributed by atoms with Gasteiger partial charge in [0, 0.05) is 24.8 Å². The second kappa shape index (κ2) is 6.17. The van der Waals surface area contributed by atoms with Crippen molar-refractivity contribution in [3.05, 3.63) is 0 Å². The van der Waals surface area contributed by atoms with Crippen LogP contribution in [0.25, 0.3) is 0 Å². The first-order chi connectivity index (χ1) is 8.73. The molecule has 1 N–H and O–H groups in total. The molecule has 0 spiro atoms. The molecule has 3 atom stereocenters. The second-order valence-corrected chi connectivity index (χ2v) is 5.96. The number of carbonyl (C=O) groups is 3. The van der Waals surface area contributed by atoms with Crippen molar-refractivity contribution in [3.63, 3.8) is 0 Å². The number of hydrogen-bond donors (Lipinski definition) is 1. The summed E-state index contributed by atoms with van der Waals surface area (Å²) >= 11 is 0. The molecule has 0 aromatic carbocycles. The Labute approximate surface area is 114 Å². The lowest BCUT2D eigenvalue weighted by molar-refractivity contribution is -0.143. The maximum Gasteiger partial charge on any atom is 0.303 e. The van der Waals surface area contributed by atoms with E-state index in [-0.39, 0.29) is 42.5 Å². The molecule has 3 unspecified atom stereocenters. The van der Waals surface area contributed by atoms with Crippen LogP contribution in [-0.4, -0.2) is 34.3 Å². The third kappa shape index (κ3) is 3.78. The Balaban J connectivity index is 2.75. The van der Waals surface area contributed by atoms with Gasteiger partial charge in [-0.3, -0.25) is 19.3 Å². The minimum absolute atomic E-state index is 0.00198. The van der Waals surface area contributed by atoms with Crippen molar-refractivity contribution in [3.8, 4) is 0 Å². The first kappa shape index (κ1) is 15.7. The first-order valence-corrected chi connectivity index (χ1v) is 6.81. The Bertz CT molecular complexity index is 358.